The third-order valence-electron chi connectivity index (χ3n) is 3.80. The monoisotopic (exact) mass is 311 g/mol. The van der Waals surface area contributed by atoms with Crippen molar-refractivity contribution >= 4 is 5.91 Å². The minimum Gasteiger partial charge on any atom is -0.481 e. The molecule has 2 unspecified atom stereocenters. The average molecular weight is 311 g/mol. The van der Waals surface area contributed by atoms with Crippen LogP contribution in [0.2, 0.25) is 0 Å². The van der Waals surface area contributed by atoms with E-state index in [0.717, 1.165) is 28.9 Å². The molecule has 0 saturated carbocycles. The van der Waals surface area contributed by atoms with Crippen LogP contribution >= 0.6 is 0 Å². The van der Waals surface area contributed by atoms with Crippen LogP contribution in [0.15, 0.2) is 48.5 Å². The molecule has 1 N–H and O–H groups in total. The van der Waals surface area contributed by atoms with Crippen molar-refractivity contribution < 1.29 is 9.53 Å². The van der Waals surface area contributed by atoms with Crippen molar-refractivity contribution in [3.8, 4) is 5.75 Å². The fraction of sp³-hybridized carbons (Fsp3) is 0.350. The first-order valence-electron chi connectivity index (χ1n) is 8.10. The number of ether oxygens (including phenoxy) is 1. The molecule has 0 aliphatic carbocycles. The summed E-state index contributed by atoms with van der Waals surface area (Å²) >= 11 is 0. The van der Waals surface area contributed by atoms with Crippen molar-refractivity contribution in [1.29, 1.82) is 0 Å². The Morgan fingerprint density at radius 1 is 1.09 bits per heavy atom. The SMILES string of the molecule is CCC(NC(=O)C(C)Oc1cc(C)cc(C)c1)c1ccccc1. The second-order valence-corrected chi connectivity index (χ2v) is 5.96. The lowest BCUT2D eigenvalue weighted by Gasteiger charge is -2.21. The summed E-state index contributed by atoms with van der Waals surface area (Å²) in [6.45, 7) is 7.89. The Kier molecular flexibility index (Phi) is 5.80. The van der Waals surface area contributed by atoms with E-state index in [1.54, 1.807) is 6.92 Å². The first-order chi connectivity index (χ1) is 11.0. The molecule has 2 aromatic carbocycles. The van der Waals surface area contributed by atoms with Gasteiger partial charge in [0.1, 0.15) is 5.75 Å². The number of aryl methyl sites for hydroxylation is 2. The van der Waals surface area contributed by atoms with Crippen molar-refractivity contribution in [2.24, 2.45) is 0 Å². The lowest BCUT2D eigenvalue weighted by Crippen LogP contribution is -2.38. The van der Waals surface area contributed by atoms with Crippen LogP contribution in [0.3, 0.4) is 0 Å². The van der Waals surface area contributed by atoms with Gasteiger partial charge >= 0.3 is 0 Å². The number of hydrogen-bond acceptors (Lipinski definition) is 2. The summed E-state index contributed by atoms with van der Waals surface area (Å²) in [6, 6.07) is 16.0. The average Bonchev–Trinajstić information content (AvgIpc) is 2.52. The van der Waals surface area contributed by atoms with Gasteiger partial charge in [-0.1, -0.05) is 43.3 Å². The van der Waals surface area contributed by atoms with Gasteiger partial charge in [0.05, 0.1) is 6.04 Å². The number of rotatable bonds is 6. The van der Waals surface area contributed by atoms with Gasteiger partial charge in [-0.3, -0.25) is 4.79 Å². The van der Waals surface area contributed by atoms with Crippen LogP contribution < -0.4 is 10.1 Å². The number of carbonyl (C=O) groups is 1. The van der Waals surface area contributed by atoms with E-state index in [0.29, 0.717) is 0 Å². The van der Waals surface area contributed by atoms with Crippen molar-refractivity contribution in [3.63, 3.8) is 0 Å². The van der Waals surface area contributed by atoms with Crippen LogP contribution in [-0.2, 0) is 4.79 Å². The molecule has 0 spiro atoms. The van der Waals surface area contributed by atoms with E-state index in [1.165, 1.54) is 0 Å². The van der Waals surface area contributed by atoms with Gasteiger partial charge < -0.3 is 10.1 Å². The van der Waals surface area contributed by atoms with E-state index in [2.05, 4.69) is 18.3 Å². The number of carbonyl (C=O) groups excluding carboxylic acids is 1. The Balaban J connectivity index is 2.01. The molecule has 2 atom stereocenters. The van der Waals surface area contributed by atoms with E-state index < -0.39 is 6.10 Å². The summed E-state index contributed by atoms with van der Waals surface area (Å²) in [4.78, 5) is 12.4. The van der Waals surface area contributed by atoms with Gasteiger partial charge in [-0.15, -0.1) is 0 Å². The van der Waals surface area contributed by atoms with Crippen LogP contribution in [0.4, 0.5) is 0 Å². The number of amides is 1. The highest BCUT2D eigenvalue weighted by Gasteiger charge is 2.19. The molecule has 0 aliphatic rings. The molecular weight excluding hydrogens is 286 g/mol. The third kappa shape index (κ3) is 4.85. The minimum absolute atomic E-state index is 0.00833. The van der Waals surface area contributed by atoms with Crippen molar-refractivity contribution in [2.45, 2.75) is 46.3 Å². The Hall–Kier alpha value is -2.29. The molecule has 0 saturated heterocycles. The summed E-state index contributed by atoms with van der Waals surface area (Å²) in [5.74, 6) is 0.637. The van der Waals surface area contributed by atoms with E-state index in [9.17, 15) is 4.79 Å². The van der Waals surface area contributed by atoms with Gasteiger partial charge in [-0.2, -0.15) is 0 Å². The van der Waals surface area contributed by atoms with Crippen molar-refractivity contribution in [3.05, 3.63) is 65.2 Å². The summed E-state index contributed by atoms with van der Waals surface area (Å²) in [5.41, 5.74) is 3.37. The lowest BCUT2D eigenvalue weighted by atomic mass is 10.0. The predicted octanol–water partition coefficient (Wildman–Crippen LogP) is 4.34. The maximum atomic E-state index is 12.4. The van der Waals surface area contributed by atoms with E-state index >= 15 is 0 Å². The Labute approximate surface area is 138 Å². The Bertz CT molecular complexity index is 632. The highest BCUT2D eigenvalue weighted by Crippen LogP contribution is 2.19. The second kappa shape index (κ2) is 7.82. The summed E-state index contributed by atoms with van der Waals surface area (Å²) in [6.07, 6.45) is 0.306. The highest BCUT2D eigenvalue weighted by molar-refractivity contribution is 5.81. The fourth-order valence-electron chi connectivity index (χ4n) is 2.65. The maximum Gasteiger partial charge on any atom is 0.261 e. The van der Waals surface area contributed by atoms with Crippen LogP contribution in [0, 0.1) is 13.8 Å². The first-order valence-corrected chi connectivity index (χ1v) is 8.10. The zero-order valence-electron chi connectivity index (χ0n) is 14.3. The summed E-state index contributed by atoms with van der Waals surface area (Å²) in [7, 11) is 0. The molecule has 2 rings (SSSR count). The standard InChI is InChI=1S/C20H25NO2/c1-5-19(17-9-7-6-8-10-17)21-20(22)16(4)23-18-12-14(2)11-15(3)13-18/h6-13,16,19H,5H2,1-4H3,(H,21,22). The molecule has 3 nitrogen and oxygen atoms in total. The minimum atomic E-state index is -0.533. The number of benzene rings is 2. The third-order valence-corrected chi connectivity index (χ3v) is 3.80. The number of nitrogens with one attached hydrogen (secondary N) is 1. The molecule has 0 fully saturated rings. The lowest BCUT2D eigenvalue weighted by molar-refractivity contribution is -0.128. The second-order valence-electron chi connectivity index (χ2n) is 5.96. The zero-order chi connectivity index (χ0) is 16.8. The largest absolute Gasteiger partial charge is 0.481 e. The smallest absolute Gasteiger partial charge is 0.261 e. The van der Waals surface area contributed by atoms with Gasteiger partial charge in [0.2, 0.25) is 0 Å². The van der Waals surface area contributed by atoms with Crippen LogP contribution in [0.1, 0.15) is 43.0 Å². The molecular formula is C20H25NO2. The van der Waals surface area contributed by atoms with Crippen molar-refractivity contribution in [2.75, 3.05) is 0 Å². The molecule has 0 aromatic heterocycles. The molecule has 1 amide bonds. The van der Waals surface area contributed by atoms with Gasteiger partial charge in [-0.25, -0.2) is 0 Å². The van der Waals surface area contributed by atoms with E-state index in [1.807, 2.05) is 56.3 Å². The topological polar surface area (TPSA) is 38.3 Å². The molecule has 3 heteroatoms. The van der Waals surface area contributed by atoms with Crippen LogP contribution in [0.5, 0.6) is 5.75 Å². The molecule has 0 heterocycles. The molecule has 2 aromatic rings. The fourth-order valence-corrected chi connectivity index (χ4v) is 2.65. The first kappa shape index (κ1) is 17.1. The van der Waals surface area contributed by atoms with Gasteiger partial charge in [0, 0.05) is 0 Å². The normalized spacial score (nSPS) is 13.2. The predicted molar refractivity (Wildman–Crippen MR) is 93.6 cm³/mol. The number of hydrogen-bond donors (Lipinski definition) is 1. The Morgan fingerprint density at radius 3 is 2.26 bits per heavy atom. The molecule has 23 heavy (non-hydrogen) atoms. The molecule has 0 aliphatic heterocycles. The molecule has 0 bridgehead atoms. The highest BCUT2D eigenvalue weighted by atomic mass is 16.5. The van der Waals surface area contributed by atoms with Crippen molar-refractivity contribution in [1.82, 2.24) is 5.32 Å². The summed E-state index contributed by atoms with van der Waals surface area (Å²) in [5, 5.41) is 3.07. The van der Waals surface area contributed by atoms with E-state index in [4.69, 9.17) is 4.74 Å². The van der Waals surface area contributed by atoms with Crippen LogP contribution in [-0.4, -0.2) is 12.0 Å². The molecule has 0 radical (unpaired) electrons. The maximum absolute atomic E-state index is 12.4. The van der Waals surface area contributed by atoms with Gasteiger partial charge in [0.15, 0.2) is 6.10 Å². The zero-order valence-corrected chi connectivity index (χ0v) is 14.3. The van der Waals surface area contributed by atoms with Crippen LogP contribution in [0.25, 0.3) is 0 Å². The van der Waals surface area contributed by atoms with Gasteiger partial charge in [0.25, 0.3) is 5.91 Å². The van der Waals surface area contributed by atoms with Gasteiger partial charge in [-0.05, 0) is 56.0 Å². The summed E-state index contributed by atoms with van der Waals surface area (Å²) < 4.78 is 5.81. The molecule has 122 valence electrons. The van der Waals surface area contributed by atoms with E-state index in [-0.39, 0.29) is 11.9 Å². The Morgan fingerprint density at radius 2 is 1.70 bits per heavy atom. The quantitative estimate of drug-likeness (QED) is 0.862.